The average Bonchev–Trinajstić information content (AvgIpc) is 2.68. The number of nitriles is 2. The molecule has 0 aromatic rings. The van der Waals surface area contributed by atoms with Crippen LogP contribution in [0.1, 0.15) is 64.2 Å². The van der Waals surface area contributed by atoms with Crippen LogP contribution in [-0.2, 0) is 5.21 Å². The van der Waals surface area contributed by atoms with Crippen LogP contribution in [0.25, 0.3) is 0 Å². The summed E-state index contributed by atoms with van der Waals surface area (Å²) in [6, 6.07) is 4.73. The van der Waals surface area contributed by atoms with Gasteiger partial charge in [0.25, 0.3) is 0 Å². The lowest BCUT2D eigenvalue weighted by molar-refractivity contribution is -0.278. The number of nitrogens with zero attached hydrogens (tertiary/aromatic N) is 3. The zero-order valence-corrected chi connectivity index (χ0v) is 12.0. The SMILES string of the molecule is N#C[C@@H]1[C@H](C#N)C2(CCCCC2)N([O])C12CCCCC2. The second-order valence-corrected chi connectivity index (χ2v) is 6.84. The molecule has 2 aliphatic carbocycles. The Balaban J connectivity index is 2.04. The van der Waals surface area contributed by atoms with Crippen molar-refractivity contribution < 1.29 is 5.21 Å². The fraction of sp³-hybridized carbons (Fsp3) is 0.875. The first-order valence-electron chi connectivity index (χ1n) is 7.98. The lowest BCUT2D eigenvalue weighted by Crippen LogP contribution is -2.54. The highest BCUT2D eigenvalue weighted by atomic mass is 16.5. The van der Waals surface area contributed by atoms with Crippen LogP contribution in [0, 0.1) is 34.5 Å². The largest absolute Gasteiger partial charge is 0.198 e. The van der Waals surface area contributed by atoms with Gasteiger partial charge in [-0.1, -0.05) is 38.5 Å². The molecule has 3 aliphatic rings. The van der Waals surface area contributed by atoms with Crippen LogP contribution in [-0.4, -0.2) is 16.1 Å². The molecule has 2 spiro atoms. The molecule has 2 saturated carbocycles. The molecule has 1 aliphatic heterocycles. The van der Waals surface area contributed by atoms with Crippen LogP contribution in [0.3, 0.4) is 0 Å². The van der Waals surface area contributed by atoms with Gasteiger partial charge in [-0.2, -0.15) is 10.5 Å². The van der Waals surface area contributed by atoms with Gasteiger partial charge in [-0.05, 0) is 25.7 Å². The summed E-state index contributed by atoms with van der Waals surface area (Å²) in [5.41, 5.74) is -1.13. The first-order valence-corrected chi connectivity index (χ1v) is 7.98. The van der Waals surface area contributed by atoms with Gasteiger partial charge in [0.05, 0.1) is 35.1 Å². The Kier molecular flexibility index (Phi) is 3.48. The Hall–Kier alpha value is -1.10. The standard InChI is InChI=1S/C16H22N3O/c17-11-13-14(12-18)16(9-5-2-6-10-16)19(20)15(13)7-3-1-4-8-15/h13-14H,1-10H2/t13-,14+. The van der Waals surface area contributed by atoms with Crippen molar-refractivity contribution in [2.75, 3.05) is 0 Å². The molecule has 1 radical (unpaired) electrons. The maximum atomic E-state index is 13.2. The number of hydroxylamine groups is 2. The van der Waals surface area contributed by atoms with Crippen molar-refractivity contribution in [1.82, 2.24) is 5.06 Å². The predicted molar refractivity (Wildman–Crippen MR) is 72.4 cm³/mol. The molecule has 0 N–H and O–H groups in total. The van der Waals surface area contributed by atoms with Crippen LogP contribution in [0.2, 0.25) is 0 Å². The molecule has 0 bridgehead atoms. The summed E-state index contributed by atoms with van der Waals surface area (Å²) in [5.74, 6) is -0.799. The van der Waals surface area contributed by atoms with E-state index in [1.165, 1.54) is 5.06 Å². The van der Waals surface area contributed by atoms with Crippen LogP contribution < -0.4 is 0 Å². The molecule has 1 saturated heterocycles. The first-order chi connectivity index (χ1) is 9.71. The van der Waals surface area contributed by atoms with Gasteiger partial charge in [-0.15, -0.1) is 10.3 Å². The highest BCUT2D eigenvalue weighted by Gasteiger charge is 2.67. The fourth-order valence-electron chi connectivity index (χ4n) is 5.06. The maximum Gasteiger partial charge on any atom is 0.0848 e. The smallest absolute Gasteiger partial charge is 0.0848 e. The summed E-state index contributed by atoms with van der Waals surface area (Å²) in [7, 11) is 0. The molecule has 0 unspecified atom stereocenters. The molecule has 4 heteroatoms. The summed E-state index contributed by atoms with van der Waals surface area (Å²) in [6.45, 7) is 0. The highest BCUT2D eigenvalue weighted by Crippen LogP contribution is 2.58. The molecular weight excluding hydrogens is 250 g/mol. The third-order valence-electron chi connectivity index (χ3n) is 6.02. The van der Waals surface area contributed by atoms with E-state index in [0.29, 0.717) is 0 Å². The van der Waals surface area contributed by atoms with Crippen LogP contribution >= 0.6 is 0 Å². The highest BCUT2D eigenvalue weighted by molar-refractivity contribution is 5.25. The van der Waals surface area contributed by atoms with Crippen LogP contribution in [0.5, 0.6) is 0 Å². The molecule has 3 fully saturated rings. The van der Waals surface area contributed by atoms with Gasteiger partial charge in [-0.25, -0.2) is 0 Å². The Bertz CT molecular complexity index is 407. The van der Waals surface area contributed by atoms with Crippen molar-refractivity contribution in [3.05, 3.63) is 0 Å². The monoisotopic (exact) mass is 272 g/mol. The average molecular weight is 272 g/mol. The molecule has 2 atom stereocenters. The van der Waals surface area contributed by atoms with Gasteiger partial charge in [0.15, 0.2) is 0 Å². The topological polar surface area (TPSA) is 70.7 Å². The van der Waals surface area contributed by atoms with Crippen molar-refractivity contribution in [2.24, 2.45) is 11.8 Å². The minimum absolute atomic E-state index is 0.400. The minimum Gasteiger partial charge on any atom is -0.198 e. The molecule has 107 valence electrons. The van der Waals surface area contributed by atoms with E-state index in [9.17, 15) is 15.7 Å². The van der Waals surface area contributed by atoms with E-state index in [1.54, 1.807) is 0 Å². The number of hydrogen-bond donors (Lipinski definition) is 0. The first kappa shape index (κ1) is 13.9. The fourth-order valence-corrected chi connectivity index (χ4v) is 5.06. The summed E-state index contributed by atoms with van der Waals surface area (Å²) < 4.78 is 0. The summed E-state index contributed by atoms with van der Waals surface area (Å²) >= 11 is 0. The van der Waals surface area contributed by atoms with E-state index < -0.39 is 22.9 Å². The van der Waals surface area contributed by atoms with Crippen LogP contribution in [0.4, 0.5) is 0 Å². The van der Waals surface area contributed by atoms with Gasteiger partial charge in [0.2, 0.25) is 0 Å². The van der Waals surface area contributed by atoms with E-state index in [2.05, 4.69) is 12.1 Å². The quantitative estimate of drug-likeness (QED) is 0.679. The molecule has 4 nitrogen and oxygen atoms in total. The van der Waals surface area contributed by atoms with Gasteiger partial charge in [0, 0.05) is 0 Å². The van der Waals surface area contributed by atoms with E-state index in [4.69, 9.17) is 0 Å². The number of hydrogen-bond acceptors (Lipinski definition) is 3. The molecule has 0 aromatic carbocycles. The normalized spacial score (nSPS) is 35.8. The van der Waals surface area contributed by atoms with Crippen molar-refractivity contribution in [3.63, 3.8) is 0 Å². The Morgan fingerprint density at radius 1 is 0.750 bits per heavy atom. The zero-order chi connectivity index (χ0) is 14.2. The van der Waals surface area contributed by atoms with Crippen molar-refractivity contribution >= 4 is 0 Å². The summed E-state index contributed by atoms with van der Waals surface area (Å²) in [6.07, 6.45) is 9.58. The Morgan fingerprint density at radius 2 is 1.10 bits per heavy atom. The summed E-state index contributed by atoms with van der Waals surface area (Å²) in [5, 5.41) is 33.8. The second kappa shape index (κ2) is 5.02. The van der Waals surface area contributed by atoms with E-state index in [1.807, 2.05) is 0 Å². The minimum atomic E-state index is -0.565. The van der Waals surface area contributed by atoms with Gasteiger partial charge in [0.1, 0.15) is 0 Å². The third kappa shape index (κ3) is 1.65. The van der Waals surface area contributed by atoms with Gasteiger partial charge < -0.3 is 0 Å². The lowest BCUT2D eigenvalue weighted by Gasteiger charge is -2.45. The zero-order valence-electron chi connectivity index (χ0n) is 12.0. The lowest BCUT2D eigenvalue weighted by atomic mass is 9.68. The van der Waals surface area contributed by atoms with E-state index in [-0.39, 0.29) is 0 Å². The molecule has 0 aromatic heterocycles. The molecular formula is C16H22N3O. The third-order valence-corrected chi connectivity index (χ3v) is 6.02. The van der Waals surface area contributed by atoms with Crippen molar-refractivity contribution in [1.29, 1.82) is 10.5 Å². The molecule has 3 rings (SSSR count). The van der Waals surface area contributed by atoms with Crippen LogP contribution in [0.15, 0.2) is 0 Å². The number of rotatable bonds is 0. The predicted octanol–water partition coefficient (Wildman–Crippen LogP) is 3.33. The molecule has 0 amide bonds. The Morgan fingerprint density at radius 3 is 1.40 bits per heavy atom. The molecule has 1 heterocycles. The maximum absolute atomic E-state index is 13.2. The van der Waals surface area contributed by atoms with E-state index >= 15 is 0 Å². The molecule has 20 heavy (non-hydrogen) atoms. The van der Waals surface area contributed by atoms with Crippen molar-refractivity contribution in [3.8, 4) is 12.1 Å². The summed E-state index contributed by atoms with van der Waals surface area (Å²) in [4.78, 5) is 0. The van der Waals surface area contributed by atoms with Gasteiger partial charge >= 0.3 is 0 Å². The van der Waals surface area contributed by atoms with Gasteiger partial charge in [-0.3, -0.25) is 0 Å². The van der Waals surface area contributed by atoms with Crippen molar-refractivity contribution in [2.45, 2.75) is 75.3 Å². The Labute approximate surface area is 120 Å². The second-order valence-electron chi connectivity index (χ2n) is 6.84. The van der Waals surface area contributed by atoms with E-state index in [0.717, 1.165) is 64.2 Å².